The summed E-state index contributed by atoms with van der Waals surface area (Å²) in [6.45, 7) is 0.639. The van der Waals surface area contributed by atoms with Gasteiger partial charge in [-0.25, -0.2) is 0 Å². The molecule has 0 bridgehead atoms. The van der Waals surface area contributed by atoms with Gasteiger partial charge in [0, 0.05) is 12.1 Å². The van der Waals surface area contributed by atoms with E-state index in [9.17, 15) is 4.79 Å². The molecular weight excluding hydrogens is 386 g/mol. The molecule has 6 nitrogen and oxygen atoms in total. The summed E-state index contributed by atoms with van der Waals surface area (Å²) >= 11 is 7.52. The van der Waals surface area contributed by atoms with Crippen LogP contribution in [0.1, 0.15) is 12.2 Å². The maximum atomic E-state index is 11.8. The summed E-state index contributed by atoms with van der Waals surface area (Å²) in [5.41, 5.74) is 0.897. The molecule has 1 fully saturated rings. The zero-order chi connectivity index (χ0) is 18.6. The molecule has 0 saturated carbocycles. The number of carbonyl (C=O) groups is 1. The van der Waals surface area contributed by atoms with Crippen LogP contribution in [-0.2, 0) is 16.1 Å². The minimum Gasteiger partial charge on any atom is -0.484 e. The molecule has 2 heterocycles. The number of cyclic esters (lactones) is 1. The van der Waals surface area contributed by atoms with Crippen LogP contribution in [0.5, 0.6) is 5.75 Å². The summed E-state index contributed by atoms with van der Waals surface area (Å²) in [4.78, 5) is 11.8. The third kappa shape index (κ3) is 3.94. The van der Waals surface area contributed by atoms with Crippen molar-refractivity contribution >= 4 is 29.3 Å². The largest absolute Gasteiger partial charge is 0.484 e. The van der Waals surface area contributed by atoms with Gasteiger partial charge in [0.1, 0.15) is 17.6 Å². The van der Waals surface area contributed by atoms with Crippen LogP contribution < -0.4 is 4.74 Å². The molecular formula is C19H16ClN3O3S. The average Bonchev–Trinajstić information content (AvgIpc) is 3.28. The van der Waals surface area contributed by atoms with Crippen molar-refractivity contribution in [2.75, 3.05) is 6.61 Å². The zero-order valence-electron chi connectivity index (χ0n) is 14.2. The van der Waals surface area contributed by atoms with E-state index >= 15 is 0 Å². The van der Waals surface area contributed by atoms with Gasteiger partial charge in [0.2, 0.25) is 0 Å². The van der Waals surface area contributed by atoms with E-state index in [2.05, 4.69) is 10.2 Å². The van der Waals surface area contributed by atoms with E-state index in [1.807, 2.05) is 47.0 Å². The molecule has 2 aromatic carbocycles. The second kappa shape index (κ2) is 8.02. The van der Waals surface area contributed by atoms with E-state index in [0.29, 0.717) is 34.8 Å². The van der Waals surface area contributed by atoms with Crippen molar-refractivity contribution in [1.82, 2.24) is 14.8 Å². The smallest absolute Gasteiger partial charge is 0.319 e. The summed E-state index contributed by atoms with van der Waals surface area (Å²) < 4.78 is 12.8. The molecule has 0 aliphatic carbocycles. The second-order valence-electron chi connectivity index (χ2n) is 5.85. The lowest BCUT2D eigenvalue weighted by molar-refractivity contribution is -0.137. The first-order valence-electron chi connectivity index (χ1n) is 8.43. The Bertz CT molecular complexity index is 948. The number of hydrogen-bond donors (Lipinski definition) is 0. The molecule has 1 saturated heterocycles. The first-order valence-corrected chi connectivity index (χ1v) is 9.68. The lowest BCUT2D eigenvalue weighted by Crippen LogP contribution is -2.12. The molecule has 27 heavy (non-hydrogen) atoms. The molecule has 0 amide bonds. The number of benzene rings is 2. The van der Waals surface area contributed by atoms with Crippen LogP contribution in [0.25, 0.3) is 5.69 Å². The number of aromatic nitrogens is 3. The van der Waals surface area contributed by atoms with Crippen LogP contribution in [0.15, 0.2) is 59.8 Å². The number of ether oxygens (including phenoxy) is 2. The molecule has 0 N–H and O–H groups in total. The van der Waals surface area contributed by atoms with Gasteiger partial charge < -0.3 is 9.47 Å². The van der Waals surface area contributed by atoms with E-state index in [4.69, 9.17) is 21.1 Å². The van der Waals surface area contributed by atoms with Crippen LogP contribution in [-0.4, -0.2) is 32.6 Å². The molecule has 1 unspecified atom stereocenters. The zero-order valence-corrected chi connectivity index (χ0v) is 15.8. The van der Waals surface area contributed by atoms with Gasteiger partial charge in [-0.3, -0.25) is 9.36 Å². The first-order chi connectivity index (χ1) is 13.2. The molecule has 1 aliphatic heterocycles. The van der Waals surface area contributed by atoms with Gasteiger partial charge in [0.05, 0.1) is 11.6 Å². The standard InChI is InChI=1S/C19H16ClN3O3S/c20-14-8-4-5-9-15(14)26-12-17-21-22-19(27-16-10-11-25-18(16)24)23(17)13-6-2-1-3-7-13/h1-9,16H,10-12H2. The van der Waals surface area contributed by atoms with E-state index in [1.165, 1.54) is 11.8 Å². The van der Waals surface area contributed by atoms with Crippen LogP contribution >= 0.6 is 23.4 Å². The highest BCUT2D eigenvalue weighted by Gasteiger charge is 2.30. The van der Waals surface area contributed by atoms with Gasteiger partial charge in [-0.05, 0) is 24.3 Å². The minimum atomic E-state index is -0.269. The van der Waals surface area contributed by atoms with Crippen LogP contribution in [0.3, 0.4) is 0 Å². The van der Waals surface area contributed by atoms with Crippen LogP contribution in [0, 0.1) is 0 Å². The number of nitrogens with zero attached hydrogens (tertiary/aromatic N) is 3. The Balaban J connectivity index is 1.63. The molecule has 138 valence electrons. The van der Waals surface area contributed by atoms with Crippen molar-refractivity contribution in [1.29, 1.82) is 0 Å². The van der Waals surface area contributed by atoms with E-state index in [0.717, 1.165) is 5.69 Å². The van der Waals surface area contributed by atoms with E-state index < -0.39 is 0 Å². The second-order valence-corrected chi connectivity index (χ2v) is 7.43. The quantitative estimate of drug-likeness (QED) is 0.583. The van der Waals surface area contributed by atoms with E-state index in [-0.39, 0.29) is 17.8 Å². The summed E-state index contributed by atoms with van der Waals surface area (Å²) in [6, 6.07) is 17.0. The number of rotatable bonds is 6. The van der Waals surface area contributed by atoms with Gasteiger partial charge in [0.15, 0.2) is 11.0 Å². The van der Waals surface area contributed by atoms with Crippen molar-refractivity contribution in [3.05, 3.63) is 65.4 Å². The first kappa shape index (κ1) is 17.9. The SMILES string of the molecule is O=C1OCCC1Sc1nnc(COc2ccccc2Cl)n1-c1ccccc1. The highest BCUT2D eigenvalue weighted by Crippen LogP contribution is 2.31. The third-order valence-corrected chi connectivity index (χ3v) is 5.54. The molecule has 0 radical (unpaired) electrons. The average molecular weight is 402 g/mol. The topological polar surface area (TPSA) is 66.2 Å². The summed E-state index contributed by atoms with van der Waals surface area (Å²) in [6.07, 6.45) is 0.663. The third-order valence-electron chi connectivity index (χ3n) is 4.04. The van der Waals surface area contributed by atoms with E-state index in [1.54, 1.807) is 12.1 Å². The molecule has 4 rings (SSSR count). The predicted molar refractivity (Wildman–Crippen MR) is 102 cm³/mol. The fraction of sp³-hybridized carbons (Fsp3) is 0.211. The highest BCUT2D eigenvalue weighted by molar-refractivity contribution is 8.00. The highest BCUT2D eigenvalue weighted by atomic mass is 35.5. The minimum absolute atomic E-state index is 0.196. The Kier molecular flexibility index (Phi) is 5.31. The van der Waals surface area contributed by atoms with Crippen molar-refractivity contribution < 1.29 is 14.3 Å². The molecule has 1 aromatic heterocycles. The maximum absolute atomic E-state index is 11.8. The monoisotopic (exact) mass is 401 g/mol. The fourth-order valence-electron chi connectivity index (χ4n) is 2.72. The van der Waals surface area contributed by atoms with Gasteiger partial charge >= 0.3 is 5.97 Å². The Hall–Kier alpha value is -2.51. The Morgan fingerprint density at radius 3 is 2.67 bits per heavy atom. The Labute approximate surface area is 165 Å². The number of hydrogen-bond acceptors (Lipinski definition) is 6. The van der Waals surface area contributed by atoms with Gasteiger partial charge in [-0.1, -0.05) is 53.7 Å². The van der Waals surface area contributed by atoms with Crippen LogP contribution in [0.4, 0.5) is 0 Å². The molecule has 1 aliphatic rings. The van der Waals surface area contributed by atoms with Crippen molar-refractivity contribution in [2.24, 2.45) is 0 Å². The Morgan fingerprint density at radius 2 is 1.93 bits per heavy atom. The van der Waals surface area contributed by atoms with Gasteiger partial charge in [0.25, 0.3) is 0 Å². The summed E-state index contributed by atoms with van der Waals surface area (Å²) in [5, 5.41) is 9.45. The molecule has 0 spiro atoms. The predicted octanol–water partition coefficient (Wildman–Crippen LogP) is 3.91. The van der Waals surface area contributed by atoms with Crippen molar-refractivity contribution in [3.8, 4) is 11.4 Å². The lowest BCUT2D eigenvalue weighted by atomic mass is 10.3. The molecule has 3 aromatic rings. The fourth-order valence-corrected chi connectivity index (χ4v) is 3.95. The van der Waals surface area contributed by atoms with Crippen molar-refractivity contribution in [2.45, 2.75) is 23.4 Å². The normalized spacial score (nSPS) is 16.3. The number of para-hydroxylation sites is 2. The summed E-state index contributed by atoms with van der Waals surface area (Å²) in [7, 11) is 0. The molecule has 8 heteroatoms. The maximum Gasteiger partial charge on any atom is 0.319 e. The lowest BCUT2D eigenvalue weighted by Gasteiger charge is -2.12. The van der Waals surface area contributed by atoms with Crippen LogP contribution in [0.2, 0.25) is 5.02 Å². The van der Waals surface area contributed by atoms with Crippen molar-refractivity contribution in [3.63, 3.8) is 0 Å². The number of halogens is 1. The number of carbonyl (C=O) groups excluding carboxylic acids is 1. The Morgan fingerprint density at radius 1 is 1.15 bits per heavy atom. The van der Waals surface area contributed by atoms with Gasteiger partial charge in [-0.15, -0.1) is 10.2 Å². The number of thioether (sulfide) groups is 1. The summed E-state index contributed by atoms with van der Waals surface area (Å²) in [5.74, 6) is 0.988. The van der Waals surface area contributed by atoms with Gasteiger partial charge in [-0.2, -0.15) is 0 Å². The number of esters is 1. The molecule has 1 atom stereocenters.